The van der Waals surface area contributed by atoms with E-state index >= 15 is 0 Å². The number of rotatable bonds is 7. The molecule has 1 aromatic heterocycles. The van der Waals surface area contributed by atoms with Gasteiger partial charge in [0.1, 0.15) is 6.04 Å². The molecule has 0 spiro atoms. The molecule has 8 rings (SSSR count). The molecule has 3 saturated heterocycles. The molecule has 1 aliphatic carbocycles. The normalized spacial score (nSPS) is 21.5. The first-order valence-corrected chi connectivity index (χ1v) is 19.4. The molecule has 10 nitrogen and oxygen atoms in total. The number of fused-ring (bicyclic) bond motifs is 2. The predicted octanol–water partition coefficient (Wildman–Crippen LogP) is 5.86. The van der Waals surface area contributed by atoms with Gasteiger partial charge in [0.25, 0.3) is 0 Å². The van der Waals surface area contributed by atoms with Crippen molar-refractivity contribution in [2.24, 2.45) is 16.8 Å². The first-order chi connectivity index (χ1) is 25.3. The second-order valence-electron chi connectivity index (χ2n) is 15.6. The Bertz CT molecular complexity index is 1930. The minimum Gasteiger partial charge on any atom is -0.341 e. The van der Waals surface area contributed by atoms with Crippen molar-refractivity contribution in [2.75, 3.05) is 39.3 Å². The summed E-state index contributed by atoms with van der Waals surface area (Å²) in [5.74, 6) is 0.963. The van der Waals surface area contributed by atoms with Crippen molar-refractivity contribution in [1.82, 2.24) is 30.2 Å². The first-order valence-electron chi connectivity index (χ1n) is 19.4. The quantitative estimate of drug-likeness (QED) is 0.320. The van der Waals surface area contributed by atoms with Crippen LogP contribution in [-0.4, -0.2) is 100 Å². The van der Waals surface area contributed by atoms with E-state index < -0.39 is 6.04 Å². The van der Waals surface area contributed by atoms with E-state index in [1.165, 1.54) is 24.1 Å². The van der Waals surface area contributed by atoms with E-state index in [0.717, 1.165) is 83.9 Å². The molecule has 10 heteroatoms. The van der Waals surface area contributed by atoms with Crippen LogP contribution < -0.4 is 5.32 Å². The molecule has 5 aliphatic rings. The average molecular weight is 702 g/mol. The summed E-state index contributed by atoms with van der Waals surface area (Å²) < 4.78 is 0. The number of ketones is 1. The number of piperidine rings is 3. The lowest BCUT2D eigenvalue weighted by Crippen LogP contribution is -2.56. The van der Waals surface area contributed by atoms with E-state index in [1.807, 2.05) is 41.1 Å². The highest BCUT2D eigenvalue weighted by Gasteiger charge is 2.36. The van der Waals surface area contributed by atoms with E-state index in [2.05, 4.69) is 62.8 Å². The molecule has 1 atom stereocenters. The number of aliphatic imine (C=N–C) groups is 1. The Hall–Kier alpha value is -4.57. The summed E-state index contributed by atoms with van der Waals surface area (Å²) in [5.41, 5.74) is 8.90. The lowest BCUT2D eigenvalue weighted by Gasteiger charge is -2.42. The van der Waals surface area contributed by atoms with Gasteiger partial charge in [0.15, 0.2) is 5.78 Å². The van der Waals surface area contributed by atoms with Gasteiger partial charge in [-0.15, -0.1) is 0 Å². The maximum atomic E-state index is 14.3. The van der Waals surface area contributed by atoms with E-state index in [0.29, 0.717) is 51.0 Å². The van der Waals surface area contributed by atoms with Gasteiger partial charge >= 0.3 is 6.03 Å². The molecule has 0 saturated carbocycles. The maximum absolute atomic E-state index is 14.3. The van der Waals surface area contributed by atoms with Crippen LogP contribution in [-0.2, 0) is 22.4 Å². The fourth-order valence-corrected chi connectivity index (χ4v) is 9.46. The molecule has 3 aromatic rings. The minimum atomic E-state index is -0.675. The summed E-state index contributed by atoms with van der Waals surface area (Å²) in [6.45, 7) is 8.89. The molecule has 5 heterocycles. The highest BCUT2D eigenvalue weighted by Crippen LogP contribution is 2.34. The van der Waals surface area contributed by atoms with Crippen molar-refractivity contribution in [1.29, 1.82) is 0 Å². The predicted molar refractivity (Wildman–Crippen MR) is 204 cm³/mol. The number of carbonyl (C=O) groups is 3. The molecule has 52 heavy (non-hydrogen) atoms. The van der Waals surface area contributed by atoms with Crippen LogP contribution in [0.5, 0.6) is 0 Å². The summed E-state index contributed by atoms with van der Waals surface area (Å²) in [6, 6.07) is 11.9. The van der Waals surface area contributed by atoms with E-state index in [1.54, 1.807) is 0 Å². The summed E-state index contributed by atoms with van der Waals surface area (Å²) in [6.07, 6.45) is 13.5. The van der Waals surface area contributed by atoms with Gasteiger partial charge in [0, 0.05) is 68.8 Å². The van der Waals surface area contributed by atoms with Crippen molar-refractivity contribution in [3.05, 3.63) is 81.7 Å². The molecule has 0 unspecified atom stereocenters. The number of carbonyl (C=O) groups excluding carboxylic acids is 3. The molecule has 2 N–H and O–H groups in total. The lowest BCUT2D eigenvalue weighted by molar-refractivity contribution is -0.135. The number of nitrogens with one attached hydrogen (secondary N) is 2. The minimum absolute atomic E-state index is 0.00870. The smallest absolute Gasteiger partial charge is 0.318 e. The molecule has 2 aromatic carbocycles. The Labute approximate surface area is 306 Å². The highest BCUT2D eigenvalue weighted by atomic mass is 16.2. The number of benzene rings is 2. The third-order valence-electron chi connectivity index (χ3n) is 12.5. The van der Waals surface area contributed by atoms with E-state index in [-0.39, 0.29) is 23.6 Å². The van der Waals surface area contributed by atoms with Crippen LogP contribution in [0, 0.1) is 18.8 Å². The molecule has 3 fully saturated rings. The average Bonchev–Trinajstić information content (AvgIpc) is 3.83. The van der Waals surface area contributed by atoms with Gasteiger partial charge in [-0.3, -0.25) is 19.7 Å². The zero-order valence-corrected chi connectivity index (χ0v) is 30.6. The van der Waals surface area contributed by atoms with Crippen LogP contribution >= 0.6 is 0 Å². The van der Waals surface area contributed by atoms with Crippen molar-refractivity contribution in [3.63, 3.8) is 0 Å². The zero-order chi connectivity index (χ0) is 35.8. The summed E-state index contributed by atoms with van der Waals surface area (Å²) in [5, 5.41) is 11.5. The number of aromatic amines is 1. The number of hydrogen-bond donors (Lipinski definition) is 2. The second kappa shape index (κ2) is 14.8. The van der Waals surface area contributed by atoms with Crippen LogP contribution in [0.4, 0.5) is 4.79 Å². The van der Waals surface area contributed by atoms with Gasteiger partial charge in [-0.1, -0.05) is 30.3 Å². The van der Waals surface area contributed by atoms with Gasteiger partial charge in [-0.05, 0) is 123 Å². The van der Waals surface area contributed by atoms with Gasteiger partial charge < -0.3 is 20.0 Å². The fraction of sp³-hybridized carbons (Fsp3) is 0.500. The first kappa shape index (κ1) is 34.5. The number of allylic oxidation sites excluding steroid dienone is 3. The second-order valence-corrected chi connectivity index (χ2v) is 15.6. The maximum Gasteiger partial charge on any atom is 0.318 e. The third-order valence-corrected chi connectivity index (χ3v) is 12.5. The fourth-order valence-electron chi connectivity index (χ4n) is 9.46. The molecule has 0 bridgehead atoms. The number of nitrogens with zero attached hydrogens (tertiary/aromatic N) is 5. The number of urea groups is 1. The number of Topliss-reactive ketones (excluding diaryl/α,β-unsaturated/α-hetero) is 1. The third kappa shape index (κ3) is 7.09. The number of hydrogen-bond acceptors (Lipinski definition) is 6. The van der Waals surface area contributed by atoms with Crippen molar-refractivity contribution in [2.45, 2.75) is 83.7 Å². The topological polar surface area (TPSA) is 114 Å². The Morgan fingerprint density at radius 1 is 0.923 bits per heavy atom. The lowest BCUT2D eigenvalue weighted by atomic mass is 9.80. The van der Waals surface area contributed by atoms with Gasteiger partial charge in [0.05, 0.1) is 11.7 Å². The van der Waals surface area contributed by atoms with Crippen molar-refractivity contribution < 1.29 is 14.4 Å². The van der Waals surface area contributed by atoms with Gasteiger partial charge in [0.2, 0.25) is 5.91 Å². The highest BCUT2D eigenvalue weighted by molar-refractivity contribution is 6.04. The number of H-pyrrole nitrogens is 1. The Kier molecular flexibility index (Phi) is 9.83. The van der Waals surface area contributed by atoms with E-state index in [9.17, 15) is 14.4 Å². The van der Waals surface area contributed by atoms with Crippen molar-refractivity contribution >= 4 is 40.9 Å². The number of aromatic nitrogens is 2. The van der Waals surface area contributed by atoms with Crippen LogP contribution in [0.25, 0.3) is 17.0 Å². The molecular formula is C42H51N7O3. The molecule has 4 aliphatic heterocycles. The molecule has 272 valence electrons. The summed E-state index contributed by atoms with van der Waals surface area (Å²) in [4.78, 5) is 52.2. The number of amides is 3. The Morgan fingerprint density at radius 3 is 2.40 bits per heavy atom. The van der Waals surface area contributed by atoms with E-state index in [4.69, 9.17) is 0 Å². The largest absolute Gasteiger partial charge is 0.341 e. The zero-order valence-electron chi connectivity index (χ0n) is 30.6. The molecule has 3 amide bonds. The number of likely N-dealkylation sites (tertiary alicyclic amines) is 3. The monoisotopic (exact) mass is 701 g/mol. The Morgan fingerprint density at radius 2 is 1.65 bits per heavy atom. The van der Waals surface area contributed by atoms with Crippen LogP contribution in [0.2, 0.25) is 0 Å². The molecular weight excluding hydrogens is 651 g/mol. The Balaban J connectivity index is 0.908. The number of aryl methyl sites for hydroxylation is 1. The van der Waals surface area contributed by atoms with Crippen LogP contribution in [0.3, 0.4) is 0 Å². The van der Waals surface area contributed by atoms with Gasteiger partial charge in [-0.25, -0.2) is 4.79 Å². The summed E-state index contributed by atoms with van der Waals surface area (Å²) in [7, 11) is 0. The van der Waals surface area contributed by atoms with Crippen molar-refractivity contribution in [3.8, 4) is 0 Å². The summed E-state index contributed by atoms with van der Waals surface area (Å²) >= 11 is 0. The standard InChI is InChI=1S/C42H51N7O3/c1-27-21-29(22-34-26-44-46-40(27)34)23-38(41(51)48-19-12-35(13-20-48)47-15-8-30(9-16-47)36-7-14-43-28(36)2)45-42(52)49-17-10-31(11-18-49)37-24-32-5-3-4-6-33(32)25-39(37)50/h3-6,14,21-22,24,26,30-31,35,38H,7-13,15-20,23,25H2,1-2H3,(H,44,46)(H,45,52)/t38-/m1/s1. The van der Waals surface area contributed by atoms with Crippen LogP contribution in [0.1, 0.15) is 74.1 Å². The molecule has 0 radical (unpaired) electrons. The SMILES string of the molecule is CC1=C(C2CCN(C3CCN(C(=O)[C@@H](Cc4cc(C)c5[nH]ncc5c4)NC(=O)N4CCC(C5=Cc6ccccc6CC5=O)CC4)CC3)CC2)CC=N1. The van der Waals surface area contributed by atoms with Gasteiger partial charge in [-0.2, -0.15) is 5.10 Å². The van der Waals surface area contributed by atoms with Crippen LogP contribution in [0.15, 0.2) is 64.4 Å².